The van der Waals surface area contributed by atoms with Crippen LogP contribution in [0.3, 0.4) is 0 Å². The van der Waals surface area contributed by atoms with E-state index in [2.05, 4.69) is 15.5 Å². The molecule has 1 N–H and O–H groups in total. The van der Waals surface area contributed by atoms with Crippen molar-refractivity contribution in [2.24, 2.45) is 5.92 Å². The maximum absolute atomic E-state index is 14.1. The van der Waals surface area contributed by atoms with Gasteiger partial charge < -0.3 is 5.11 Å². The van der Waals surface area contributed by atoms with Crippen molar-refractivity contribution in [3.63, 3.8) is 0 Å². The average molecular weight is 290 g/mol. The van der Waals surface area contributed by atoms with Crippen molar-refractivity contribution >= 4 is 5.97 Å². The second kappa shape index (κ2) is 5.23. The quantitative estimate of drug-likeness (QED) is 0.913. The Morgan fingerprint density at radius 1 is 1.52 bits per heavy atom. The lowest BCUT2D eigenvalue weighted by Crippen LogP contribution is -2.18. The Bertz CT molecular complexity index is 681. The first-order chi connectivity index (χ1) is 10.1. The molecule has 2 aromatic rings. The molecular weight excluding hydrogens is 275 g/mol. The summed E-state index contributed by atoms with van der Waals surface area (Å²) in [4.78, 5) is 11.0. The molecule has 1 fully saturated rings. The Labute approximate surface area is 120 Å². The minimum atomic E-state index is -0.905. The highest BCUT2D eigenvalue weighted by atomic mass is 19.1. The van der Waals surface area contributed by atoms with Gasteiger partial charge in [-0.2, -0.15) is 0 Å². The minimum absolute atomic E-state index is 0.0593. The van der Waals surface area contributed by atoms with Crippen LogP contribution in [0.15, 0.2) is 18.2 Å². The number of carboxylic acid groups (broad SMARTS) is 1. The largest absolute Gasteiger partial charge is 0.481 e. The highest BCUT2D eigenvalue weighted by Crippen LogP contribution is 2.42. The Kier molecular flexibility index (Phi) is 3.40. The number of aliphatic carboxylic acids is 1. The third-order valence-corrected chi connectivity index (χ3v) is 3.72. The molecule has 1 atom stereocenters. The van der Waals surface area contributed by atoms with Crippen molar-refractivity contribution in [1.29, 1.82) is 0 Å². The first-order valence-corrected chi connectivity index (χ1v) is 6.82. The second-order valence-corrected chi connectivity index (χ2v) is 5.43. The molecule has 3 rings (SSSR count). The van der Waals surface area contributed by atoms with Crippen LogP contribution in [0, 0.1) is 18.7 Å². The molecule has 0 bridgehead atoms. The van der Waals surface area contributed by atoms with Crippen LogP contribution < -0.4 is 0 Å². The van der Waals surface area contributed by atoms with Gasteiger partial charge in [0.05, 0.1) is 18.0 Å². The van der Waals surface area contributed by atoms with E-state index >= 15 is 0 Å². The lowest BCUT2D eigenvalue weighted by Gasteiger charge is -2.16. The zero-order valence-electron chi connectivity index (χ0n) is 11.5. The molecule has 0 saturated heterocycles. The van der Waals surface area contributed by atoms with Crippen LogP contribution in [0.5, 0.6) is 0 Å². The Balaban J connectivity index is 2.01. The molecule has 1 unspecified atom stereocenters. The van der Waals surface area contributed by atoms with Crippen LogP contribution in [0.25, 0.3) is 11.4 Å². The molecule has 0 radical (unpaired) electrons. The van der Waals surface area contributed by atoms with E-state index in [1.807, 2.05) is 0 Å². The monoisotopic (exact) mass is 290 g/mol. The number of rotatable bonds is 5. The van der Waals surface area contributed by atoms with E-state index in [1.54, 1.807) is 19.1 Å². The number of hydrogen-bond acceptors (Lipinski definition) is 4. The van der Waals surface area contributed by atoms with Gasteiger partial charge in [0.25, 0.3) is 0 Å². The summed E-state index contributed by atoms with van der Waals surface area (Å²) in [6.07, 6.45) is 1.84. The Morgan fingerprint density at radius 2 is 2.29 bits per heavy atom. The van der Waals surface area contributed by atoms with E-state index in [0.717, 1.165) is 18.4 Å². The molecule has 0 aliphatic heterocycles. The fraction of sp³-hybridized carbons (Fsp3) is 0.429. The van der Waals surface area contributed by atoms with Gasteiger partial charge in [-0.1, -0.05) is 6.07 Å². The lowest BCUT2D eigenvalue weighted by molar-refractivity contribution is -0.138. The molecule has 1 saturated carbocycles. The van der Waals surface area contributed by atoms with Gasteiger partial charge in [0.15, 0.2) is 5.82 Å². The van der Waals surface area contributed by atoms with E-state index in [9.17, 15) is 9.18 Å². The summed E-state index contributed by atoms with van der Waals surface area (Å²) < 4.78 is 15.6. The zero-order valence-corrected chi connectivity index (χ0v) is 11.5. The van der Waals surface area contributed by atoms with Crippen molar-refractivity contribution in [2.45, 2.75) is 32.2 Å². The van der Waals surface area contributed by atoms with E-state index in [0.29, 0.717) is 5.56 Å². The normalized spacial score (nSPS) is 15.9. The summed E-state index contributed by atoms with van der Waals surface area (Å²) in [5.74, 6) is -0.781. The van der Waals surface area contributed by atoms with E-state index < -0.39 is 11.8 Å². The number of aromatic nitrogens is 4. The van der Waals surface area contributed by atoms with E-state index in [1.165, 1.54) is 10.7 Å². The molecular formula is C14H15FN4O2. The number of carboxylic acids is 1. The van der Waals surface area contributed by atoms with Crippen LogP contribution >= 0.6 is 0 Å². The molecule has 6 nitrogen and oxygen atoms in total. The van der Waals surface area contributed by atoms with E-state index in [4.69, 9.17) is 5.11 Å². The van der Waals surface area contributed by atoms with E-state index in [-0.39, 0.29) is 24.2 Å². The van der Waals surface area contributed by atoms with Crippen molar-refractivity contribution in [2.75, 3.05) is 0 Å². The molecule has 1 aromatic carbocycles. The fourth-order valence-electron chi connectivity index (χ4n) is 2.51. The smallest absolute Gasteiger partial charge is 0.305 e. The summed E-state index contributed by atoms with van der Waals surface area (Å²) in [6.45, 7) is 1.80. The minimum Gasteiger partial charge on any atom is -0.481 e. The molecule has 7 heteroatoms. The van der Waals surface area contributed by atoms with Crippen molar-refractivity contribution in [3.8, 4) is 11.4 Å². The Morgan fingerprint density at radius 3 is 2.90 bits per heavy atom. The molecule has 1 aromatic heterocycles. The number of halogens is 1. The predicted molar refractivity (Wildman–Crippen MR) is 72.0 cm³/mol. The van der Waals surface area contributed by atoms with Gasteiger partial charge in [-0.15, -0.1) is 5.10 Å². The van der Waals surface area contributed by atoms with Gasteiger partial charge in [0.1, 0.15) is 5.82 Å². The average Bonchev–Trinajstić information content (AvgIpc) is 3.14. The molecule has 1 aliphatic carbocycles. The van der Waals surface area contributed by atoms with Gasteiger partial charge in [-0.25, -0.2) is 9.07 Å². The Hall–Kier alpha value is -2.31. The molecule has 110 valence electrons. The van der Waals surface area contributed by atoms with Crippen LogP contribution in [0.2, 0.25) is 0 Å². The highest BCUT2D eigenvalue weighted by Gasteiger charge is 2.36. The summed E-state index contributed by atoms with van der Waals surface area (Å²) in [5, 5.41) is 20.4. The van der Waals surface area contributed by atoms with Gasteiger partial charge in [-0.05, 0) is 53.8 Å². The number of tetrazole rings is 1. The van der Waals surface area contributed by atoms with Crippen LogP contribution in [0.1, 0.15) is 30.9 Å². The van der Waals surface area contributed by atoms with Crippen molar-refractivity contribution in [1.82, 2.24) is 20.2 Å². The number of nitrogens with zero attached hydrogens (tertiary/aromatic N) is 4. The standard InChI is InChI=1S/C14H15FN4O2/c1-8-2-5-10(11(15)6-8)14-16-17-18-19(14)12(7-13(20)21)9-3-4-9/h2,5-6,9,12H,3-4,7H2,1H3,(H,20,21). The molecule has 1 heterocycles. The lowest BCUT2D eigenvalue weighted by atomic mass is 10.1. The molecule has 21 heavy (non-hydrogen) atoms. The number of carbonyl (C=O) groups is 1. The second-order valence-electron chi connectivity index (χ2n) is 5.43. The molecule has 0 spiro atoms. The van der Waals surface area contributed by atoms with Crippen molar-refractivity contribution in [3.05, 3.63) is 29.6 Å². The topological polar surface area (TPSA) is 80.9 Å². The zero-order chi connectivity index (χ0) is 15.0. The number of aryl methyl sites for hydroxylation is 1. The maximum atomic E-state index is 14.1. The predicted octanol–water partition coefficient (Wildman–Crippen LogP) is 2.21. The highest BCUT2D eigenvalue weighted by molar-refractivity contribution is 5.67. The summed E-state index contributed by atoms with van der Waals surface area (Å²) >= 11 is 0. The van der Waals surface area contributed by atoms with Gasteiger partial charge in [0.2, 0.25) is 0 Å². The SMILES string of the molecule is Cc1ccc(-c2nnnn2C(CC(=O)O)C2CC2)c(F)c1. The van der Waals surface area contributed by atoms with Gasteiger partial charge in [-0.3, -0.25) is 4.79 Å². The van der Waals surface area contributed by atoms with Gasteiger partial charge >= 0.3 is 5.97 Å². The summed E-state index contributed by atoms with van der Waals surface area (Å²) in [6, 6.07) is 4.49. The maximum Gasteiger partial charge on any atom is 0.305 e. The summed E-state index contributed by atoms with van der Waals surface area (Å²) in [7, 11) is 0. The van der Waals surface area contributed by atoms with Crippen LogP contribution in [0.4, 0.5) is 4.39 Å². The van der Waals surface area contributed by atoms with Crippen LogP contribution in [-0.2, 0) is 4.79 Å². The fourth-order valence-corrected chi connectivity index (χ4v) is 2.51. The first-order valence-electron chi connectivity index (χ1n) is 6.82. The third kappa shape index (κ3) is 2.76. The molecule has 1 aliphatic rings. The first kappa shape index (κ1) is 13.7. The van der Waals surface area contributed by atoms with Crippen LogP contribution in [-0.4, -0.2) is 31.3 Å². The molecule has 0 amide bonds. The number of benzene rings is 1. The third-order valence-electron chi connectivity index (χ3n) is 3.72. The summed E-state index contributed by atoms with van der Waals surface area (Å²) in [5.41, 5.74) is 1.10. The van der Waals surface area contributed by atoms with Crippen molar-refractivity contribution < 1.29 is 14.3 Å². The number of hydrogen-bond donors (Lipinski definition) is 1. The van der Waals surface area contributed by atoms with Gasteiger partial charge in [0, 0.05) is 0 Å².